The third-order valence-corrected chi connectivity index (χ3v) is 5.57. The number of nitrogens with one attached hydrogen (secondary N) is 1. The first-order chi connectivity index (χ1) is 15.7. The molecule has 0 radical (unpaired) electrons. The van der Waals surface area contributed by atoms with Crippen molar-refractivity contribution >= 4 is 17.8 Å². The number of esters is 1. The summed E-state index contributed by atoms with van der Waals surface area (Å²) >= 11 is 0. The van der Waals surface area contributed by atoms with Gasteiger partial charge in [-0.1, -0.05) is 24.3 Å². The minimum Gasteiger partial charge on any atom is -0.463 e. The van der Waals surface area contributed by atoms with Crippen LogP contribution in [0.15, 0.2) is 59.8 Å². The van der Waals surface area contributed by atoms with Gasteiger partial charge >= 0.3 is 5.97 Å². The van der Waals surface area contributed by atoms with Crippen LogP contribution in [0.2, 0.25) is 0 Å². The third-order valence-electron chi connectivity index (χ3n) is 5.57. The normalized spacial score (nSPS) is 16.2. The molecule has 1 aliphatic rings. The lowest BCUT2D eigenvalue weighted by Crippen LogP contribution is -2.38. The zero-order chi connectivity index (χ0) is 24.1. The van der Waals surface area contributed by atoms with Crippen LogP contribution in [0.1, 0.15) is 61.5 Å². The molecule has 1 N–H and O–H groups in total. The molecule has 6 nitrogen and oxygen atoms in total. The van der Waals surface area contributed by atoms with Crippen LogP contribution in [0.3, 0.4) is 0 Å². The Labute approximate surface area is 193 Å². The van der Waals surface area contributed by atoms with E-state index in [2.05, 4.69) is 5.32 Å². The van der Waals surface area contributed by atoms with Gasteiger partial charge in [0.25, 0.3) is 5.91 Å². The number of nitrogens with zero attached hydrogens (tertiary/aromatic N) is 1. The number of carbonyl (C=O) groups excluding carboxylic acids is 3. The Bertz CT molecular complexity index is 1060. The Hall–Kier alpha value is -3.48. The van der Waals surface area contributed by atoms with Crippen molar-refractivity contribution in [1.82, 2.24) is 10.2 Å². The zero-order valence-corrected chi connectivity index (χ0v) is 19.4. The van der Waals surface area contributed by atoms with Crippen molar-refractivity contribution in [3.05, 3.63) is 82.3 Å². The van der Waals surface area contributed by atoms with Gasteiger partial charge in [-0.15, -0.1) is 0 Å². The van der Waals surface area contributed by atoms with E-state index in [0.29, 0.717) is 22.4 Å². The van der Waals surface area contributed by atoms with Gasteiger partial charge < -0.3 is 15.0 Å². The summed E-state index contributed by atoms with van der Waals surface area (Å²) in [7, 11) is 0. The van der Waals surface area contributed by atoms with E-state index in [1.165, 1.54) is 12.1 Å². The summed E-state index contributed by atoms with van der Waals surface area (Å²) in [5.74, 6) is -1.67. The maximum Gasteiger partial charge on any atom is 0.336 e. The maximum atomic E-state index is 13.4. The molecule has 0 fully saturated rings. The van der Waals surface area contributed by atoms with E-state index in [1.54, 1.807) is 55.1 Å². The van der Waals surface area contributed by atoms with Crippen LogP contribution < -0.4 is 5.32 Å². The van der Waals surface area contributed by atoms with Gasteiger partial charge in [0.15, 0.2) is 0 Å². The van der Waals surface area contributed by atoms with Crippen molar-refractivity contribution in [3.8, 4) is 0 Å². The van der Waals surface area contributed by atoms with Crippen LogP contribution in [0.5, 0.6) is 0 Å². The summed E-state index contributed by atoms with van der Waals surface area (Å²) in [4.78, 5) is 39.7. The fourth-order valence-electron chi connectivity index (χ4n) is 3.95. The van der Waals surface area contributed by atoms with Gasteiger partial charge in [-0.2, -0.15) is 0 Å². The molecule has 2 aromatic carbocycles. The fourth-order valence-corrected chi connectivity index (χ4v) is 3.95. The number of hydrogen-bond donors (Lipinski definition) is 1. The Morgan fingerprint density at radius 3 is 2.33 bits per heavy atom. The lowest BCUT2D eigenvalue weighted by atomic mass is 9.83. The maximum absolute atomic E-state index is 13.4. The number of carbonyl (C=O) groups is 3. The Kier molecular flexibility index (Phi) is 7.63. The van der Waals surface area contributed by atoms with Gasteiger partial charge in [0, 0.05) is 29.6 Å². The highest BCUT2D eigenvalue weighted by molar-refractivity contribution is 5.96. The number of hydrogen-bond acceptors (Lipinski definition) is 4. The molecule has 0 saturated heterocycles. The molecule has 0 aromatic heterocycles. The summed E-state index contributed by atoms with van der Waals surface area (Å²) in [6.07, 6.45) is 0.0754. The summed E-state index contributed by atoms with van der Waals surface area (Å²) in [6, 6.07) is 12.9. The molecule has 1 atom stereocenters. The quantitative estimate of drug-likeness (QED) is 0.635. The van der Waals surface area contributed by atoms with Crippen molar-refractivity contribution < 1.29 is 23.5 Å². The summed E-state index contributed by atoms with van der Waals surface area (Å²) in [6.45, 7) is 7.70. The van der Waals surface area contributed by atoms with E-state index >= 15 is 0 Å². The fraction of sp³-hybridized carbons (Fsp3) is 0.346. The minimum atomic E-state index is -0.504. The number of ether oxygens (including phenoxy) is 1. The predicted molar refractivity (Wildman–Crippen MR) is 123 cm³/mol. The highest BCUT2D eigenvalue weighted by Crippen LogP contribution is 2.37. The first kappa shape index (κ1) is 24.2. The van der Waals surface area contributed by atoms with E-state index < -0.39 is 11.9 Å². The summed E-state index contributed by atoms with van der Waals surface area (Å²) in [5, 5.41) is 2.84. The van der Waals surface area contributed by atoms with Crippen LogP contribution in [0, 0.1) is 5.82 Å². The second kappa shape index (κ2) is 10.4. The van der Waals surface area contributed by atoms with E-state index in [1.807, 2.05) is 13.8 Å². The van der Waals surface area contributed by atoms with Crippen LogP contribution in [-0.2, 0) is 20.9 Å². The van der Waals surface area contributed by atoms with Crippen LogP contribution in [0.4, 0.5) is 4.39 Å². The second-order valence-electron chi connectivity index (χ2n) is 8.33. The monoisotopic (exact) mass is 452 g/mol. The van der Waals surface area contributed by atoms with Crippen molar-refractivity contribution in [2.45, 2.75) is 52.6 Å². The highest BCUT2D eigenvalue weighted by Gasteiger charge is 2.36. The highest BCUT2D eigenvalue weighted by atomic mass is 19.1. The molecule has 1 heterocycles. The van der Waals surface area contributed by atoms with E-state index in [4.69, 9.17) is 4.74 Å². The molecule has 0 spiro atoms. The van der Waals surface area contributed by atoms with Crippen molar-refractivity contribution in [1.29, 1.82) is 0 Å². The first-order valence-electron chi connectivity index (χ1n) is 11.0. The van der Waals surface area contributed by atoms with Gasteiger partial charge in [0.2, 0.25) is 5.91 Å². The molecule has 0 saturated carbocycles. The third kappa shape index (κ3) is 5.66. The summed E-state index contributed by atoms with van der Waals surface area (Å²) < 4.78 is 18.7. The van der Waals surface area contributed by atoms with Crippen molar-refractivity contribution in [3.63, 3.8) is 0 Å². The Morgan fingerprint density at radius 2 is 1.76 bits per heavy atom. The number of rotatable bonds is 7. The Balaban J connectivity index is 1.90. The molecule has 174 valence electrons. The van der Waals surface area contributed by atoms with Gasteiger partial charge in [0.1, 0.15) is 5.82 Å². The van der Waals surface area contributed by atoms with Crippen LogP contribution >= 0.6 is 0 Å². The SMILES string of the molecule is CCOC(=O)C1=C(C)N(Cc2ccc(C(=O)NC(C)C)cc2)C(=O)CC1c1ccc(F)cc1. The van der Waals surface area contributed by atoms with E-state index in [9.17, 15) is 18.8 Å². The average Bonchev–Trinajstić information content (AvgIpc) is 2.77. The molecule has 7 heteroatoms. The Morgan fingerprint density at radius 1 is 1.12 bits per heavy atom. The number of benzene rings is 2. The molecule has 2 aromatic rings. The van der Waals surface area contributed by atoms with Crippen molar-refractivity contribution in [2.24, 2.45) is 0 Å². The molecular weight excluding hydrogens is 423 g/mol. The lowest BCUT2D eigenvalue weighted by Gasteiger charge is -2.34. The minimum absolute atomic E-state index is 0.0336. The molecule has 0 aliphatic carbocycles. The van der Waals surface area contributed by atoms with Gasteiger partial charge in [-0.25, -0.2) is 9.18 Å². The summed E-state index contributed by atoms with van der Waals surface area (Å²) in [5.41, 5.74) is 2.96. The van der Waals surface area contributed by atoms with E-state index in [-0.39, 0.29) is 43.2 Å². The van der Waals surface area contributed by atoms with Gasteiger partial charge in [-0.3, -0.25) is 9.59 Å². The molecule has 3 rings (SSSR count). The molecule has 0 bridgehead atoms. The molecule has 1 unspecified atom stereocenters. The molecule has 33 heavy (non-hydrogen) atoms. The average molecular weight is 453 g/mol. The molecular formula is C26H29FN2O4. The standard InChI is InChI=1S/C26H29FN2O4/c1-5-33-26(32)24-17(4)29(23(30)14-22(24)19-10-12-21(27)13-11-19)15-18-6-8-20(9-7-18)25(31)28-16(2)3/h6-13,16,22H,5,14-15H2,1-4H3,(H,28,31). The predicted octanol–water partition coefficient (Wildman–Crippen LogP) is 4.32. The number of amides is 2. The van der Waals surface area contributed by atoms with Crippen LogP contribution in [0.25, 0.3) is 0 Å². The van der Waals surface area contributed by atoms with Crippen LogP contribution in [-0.4, -0.2) is 35.3 Å². The number of allylic oxidation sites excluding steroid dienone is 1. The smallest absolute Gasteiger partial charge is 0.336 e. The van der Waals surface area contributed by atoms with E-state index in [0.717, 1.165) is 5.56 Å². The van der Waals surface area contributed by atoms with Crippen molar-refractivity contribution in [2.75, 3.05) is 6.61 Å². The second-order valence-corrected chi connectivity index (χ2v) is 8.33. The zero-order valence-electron chi connectivity index (χ0n) is 19.4. The van der Waals surface area contributed by atoms with Gasteiger partial charge in [-0.05, 0) is 63.1 Å². The van der Waals surface area contributed by atoms with Gasteiger partial charge in [0.05, 0.1) is 18.7 Å². The molecule has 1 aliphatic heterocycles. The number of halogens is 1. The lowest BCUT2D eigenvalue weighted by molar-refractivity contribution is -0.140. The topological polar surface area (TPSA) is 75.7 Å². The molecule has 2 amide bonds. The largest absolute Gasteiger partial charge is 0.463 e. The first-order valence-corrected chi connectivity index (χ1v) is 11.0.